The minimum Gasteiger partial charge on any atom is -0.369 e. The fraction of sp³-hybridized carbons (Fsp3) is 0.250. The van der Waals surface area contributed by atoms with Crippen molar-refractivity contribution in [3.8, 4) is 5.69 Å². The van der Waals surface area contributed by atoms with Gasteiger partial charge >= 0.3 is 6.18 Å². The first-order valence-electron chi connectivity index (χ1n) is 5.28. The average Bonchev–Trinajstić information content (AvgIpc) is 2.56. The molecule has 0 spiro atoms. The van der Waals surface area contributed by atoms with Gasteiger partial charge in [-0.1, -0.05) is 6.07 Å². The van der Waals surface area contributed by atoms with Crippen LogP contribution in [0.2, 0.25) is 0 Å². The lowest BCUT2D eigenvalue weighted by Gasteiger charge is -2.12. The summed E-state index contributed by atoms with van der Waals surface area (Å²) < 4.78 is 39.5. The van der Waals surface area contributed by atoms with Crippen molar-refractivity contribution in [3.63, 3.8) is 0 Å². The molecule has 0 aliphatic carbocycles. The van der Waals surface area contributed by atoms with Gasteiger partial charge in [0.2, 0.25) is 5.95 Å². The molecular weight excluding hydrogens is 243 g/mol. The maximum Gasteiger partial charge on any atom is 0.416 e. The van der Waals surface area contributed by atoms with Crippen LogP contribution in [0, 0.1) is 13.8 Å². The topological polar surface area (TPSA) is 43.8 Å². The number of imidazole rings is 1. The number of hydrogen-bond acceptors (Lipinski definition) is 2. The molecule has 0 fully saturated rings. The second kappa shape index (κ2) is 4.04. The Balaban J connectivity index is 2.60. The SMILES string of the molecule is Cc1cn(-c2cc(C(F)(F)F)ccc2C)c(N)n1. The van der Waals surface area contributed by atoms with Crippen LogP contribution in [0.15, 0.2) is 24.4 Å². The Hall–Kier alpha value is -1.98. The number of aryl methyl sites for hydroxylation is 2. The average molecular weight is 255 g/mol. The number of alkyl halides is 3. The Morgan fingerprint density at radius 1 is 1.22 bits per heavy atom. The van der Waals surface area contributed by atoms with Crippen LogP contribution in [0.4, 0.5) is 19.1 Å². The summed E-state index contributed by atoms with van der Waals surface area (Å²) in [5.74, 6) is 0.176. The van der Waals surface area contributed by atoms with E-state index in [2.05, 4.69) is 4.98 Å². The van der Waals surface area contributed by atoms with Gasteiger partial charge in [-0.2, -0.15) is 13.2 Å². The zero-order valence-electron chi connectivity index (χ0n) is 9.92. The minimum absolute atomic E-state index is 0.176. The lowest BCUT2D eigenvalue weighted by atomic mass is 10.1. The van der Waals surface area contributed by atoms with Crippen molar-refractivity contribution in [3.05, 3.63) is 41.2 Å². The molecule has 2 aromatic rings. The van der Waals surface area contributed by atoms with Gasteiger partial charge in [-0.25, -0.2) is 4.98 Å². The Labute approximate surface area is 102 Å². The summed E-state index contributed by atoms with van der Waals surface area (Å²) in [5, 5.41) is 0. The number of halogens is 3. The normalized spacial score (nSPS) is 11.8. The molecule has 0 saturated carbocycles. The van der Waals surface area contributed by atoms with Crippen molar-refractivity contribution in [2.24, 2.45) is 0 Å². The highest BCUT2D eigenvalue weighted by Crippen LogP contribution is 2.32. The Morgan fingerprint density at radius 2 is 1.89 bits per heavy atom. The third-order valence-corrected chi connectivity index (χ3v) is 2.65. The quantitative estimate of drug-likeness (QED) is 0.851. The molecular formula is C12H12F3N3. The first-order chi connectivity index (χ1) is 8.29. The Kier molecular flexibility index (Phi) is 2.80. The van der Waals surface area contributed by atoms with Crippen LogP contribution in [0.3, 0.4) is 0 Å². The lowest BCUT2D eigenvalue weighted by Crippen LogP contribution is -2.08. The highest BCUT2D eigenvalue weighted by Gasteiger charge is 2.31. The van der Waals surface area contributed by atoms with E-state index in [9.17, 15) is 13.2 Å². The zero-order chi connectivity index (χ0) is 13.5. The van der Waals surface area contributed by atoms with Gasteiger partial charge < -0.3 is 5.73 Å². The van der Waals surface area contributed by atoms with Crippen LogP contribution >= 0.6 is 0 Å². The van der Waals surface area contributed by atoms with E-state index in [-0.39, 0.29) is 5.95 Å². The molecule has 6 heteroatoms. The molecule has 1 aromatic carbocycles. The van der Waals surface area contributed by atoms with Crippen LogP contribution in [-0.2, 0) is 6.18 Å². The second-order valence-electron chi connectivity index (χ2n) is 4.11. The predicted octanol–water partition coefficient (Wildman–Crippen LogP) is 3.09. The van der Waals surface area contributed by atoms with Gasteiger partial charge in [0, 0.05) is 6.20 Å². The summed E-state index contributed by atoms with van der Waals surface area (Å²) in [6.45, 7) is 3.46. The number of anilines is 1. The Bertz CT molecular complexity index is 585. The van der Waals surface area contributed by atoms with Gasteiger partial charge in [-0.15, -0.1) is 0 Å². The molecule has 0 aliphatic rings. The summed E-state index contributed by atoms with van der Waals surface area (Å²) >= 11 is 0. The monoisotopic (exact) mass is 255 g/mol. The van der Waals surface area contributed by atoms with Crippen molar-refractivity contribution in [1.29, 1.82) is 0 Å². The third-order valence-electron chi connectivity index (χ3n) is 2.65. The first kappa shape index (κ1) is 12.5. The molecule has 1 heterocycles. The molecule has 0 radical (unpaired) electrons. The summed E-state index contributed by atoms with van der Waals surface area (Å²) in [7, 11) is 0. The van der Waals surface area contributed by atoms with Gasteiger partial charge in [0.05, 0.1) is 16.9 Å². The number of nitrogen functional groups attached to an aromatic ring is 1. The van der Waals surface area contributed by atoms with Crippen LogP contribution in [0.25, 0.3) is 5.69 Å². The predicted molar refractivity (Wildman–Crippen MR) is 62.5 cm³/mol. The molecule has 0 atom stereocenters. The van der Waals surface area contributed by atoms with Crippen LogP contribution in [0.1, 0.15) is 16.8 Å². The van der Waals surface area contributed by atoms with Crippen molar-refractivity contribution in [1.82, 2.24) is 9.55 Å². The maximum absolute atomic E-state index is 12.7. The molecule has 0 unspecified atom stereocenters. The smallest absolute Gasteiger partial charge is 0.369 e. The van der Waals surface area contributed by atoms with E-state index in [1.165, 1.54) is 10.6 Å². The minimum atomic E-state index is -4.37. The van der Waals surface area contributed by atoms with Crippen molar-refractivity contribution in [2.75, 3.05) is 5.73 Å². The van der Waals surface area contributed by atoms with Crippen LogP contribution in [-0.4, -0.2) is 9.55 Å². The molecule has 0 saturated heterocycles. The van der Waals surface area contributed by atoms with Crippen LogP contribution in [0.5, 0.6) is 0 Å². The van der Waals surface area contributed by atoms with E-state index in [1.54, 1.807) is 20.0 Å². The molecule has 2 rings (SSSR count). The number of aromatic nitrogens is 2. The van der Waals surface area contributed by atoms with E-state index < -0.39 is 11.7 Å². The van der Waals surface area contributed by atoms with Crippen molar-refractivity contribution < 1.29 is 13.2 Å². The van der Waals surface area contributed by atoms with Gasteiger partial charge in [0.1, 0.15) is 0 Å². The molecule has 0 bridgehead atoms. The molecule has 0 aliphatic heterocycles. The molecule has 2 N–H and O–H groups in total. The van der Waals surface area contributed by atoms with E-state index >= 15 is 0 Å². The number of nitrogens with two attached hydrogens (primary N) is 1. The molecule has 96 valence electrons. The Morgan fingerprint density at radius 3 is 2.39 bits per heavy atom. The first-order valence-corrected chi connectivity index (χ1v) is 5.28. The summed E-state index contributed by atoms with van der Waals surface area (Å²) in [6.07, 6.45) is -2.76. The van der Waals surface area contributed by atoms with Crippen molar-refractivity contribution in [2.45, 2.75) is 20.0 Å². The van der Waals surface area contributed by atoms with Gasteiger partial charge in [-0.05, 0) is 31.5 Å². The number of hydrogen-bond donors (Lipinski definition) is 1. The van der Waals surface area contributed by atoms with E-state index in [0.717, 1.165) is 12.1 Å². The summed E-state index contributed by atoms with van der Waals surface area (Å²) in [5.41, 5.74) is 6.72. The number of benzene rings is 1. The van der Waals surface area contributed by atoms with Gasteiger partial charge in [0.15, 0.2) is 0 Å². The summed E-state index contributed by atoms with van der Waals surface area (Å²) in [6, 6.07) is 3.55. The molecule has 18 heavy (non-hydrogen) atoms. The van der Waals surface area contributed by atoms with E-state index in [1.807, 2.05) is 0 Å². The highest BCUT2D eigenvalue weighted by atomic mass is 19.4. The summed E-state index contributed by atoms with van der Waals surface area (Å²) in [4.78, 5) is 3.98. The zero-order valence-corrected chi connectivity index (χ0v) is 9.92. The molecule has 3 nitrogen and oxygen atoms in total. The fourth-order valence-electron chi connectivity index (χ4n) is 1.75. The van der Waals surface area contributed by atoms with E-state index in [0.29, 0.717) is 16.9 Å². The maximum atomic E-state index is 12.7. The van der Waals surface area contributed by atoms with Crippen molar-refractivity contribution >= 4 is 5.95 Å². The number of rotatable bonds is 1. The van der Waals surface area contributed by atoms with E-state index in [4.69, 9.17) is 5.73 Å². The molecule has 1 aromatic heterocycles. The third kappa shape index (κ3) is 2.18. The molecule has 0 amide bonds. The second-order valence-corrected chi connectivity index (χ2v) is 4.11. The number of nitrogens with zero attached hydrogens (tertiary/aromatic N) is 2. The standard InChI is InChI=1S/C12H12F3N3/c1-7-3-4-9(12(13,14)15)5-10(7)18-6-8(2)17-11(18)16/h3-6H,1-2H3,(H2,16,17). The van der Waals surface area contributed by atoms with Gasteiger partial charge in [0.25, 0.3) is 0 Å². The fourth-order valence-corrected chi connectivity index (χ4v) is 1.75. The van der Waals surface area contributed by atoms with Crippen LogP contribution < -0.4 is 5.73 Å². The van der Waals surface area contributed by atoms with Gasteiger partial charge in [-0.3, -0.25) is 4.57 Å². The largest absolute Gasteiger partial charge is 0.416 e. The lowest BCUT2D eigenvalue weighted by molar-refractivity contribution is -0.137. The highest BCUT2D eigenvalue weighted by molar-refractivity contribution is 5.48.